The Morgan fingerprint density at radius 2 is 1.67 bits per heavy atom. The maximum atomic E-state index is 14.4. The van der Waals surface area contributed by atoms with Gasteiger partial charge >= 0.3 is 5.25 Å². The van der Waals surface area contributed by atoms with E-state index in [0.29, 0.717) is 11.8 Å². The van der Waals surface area contributed by atoms with Crippen LogP contribution in [0.15, 0.2) is 65.8 Å². The van der Waals surface area contributed by atoms with Crippen molar-refractivity contribution in [3.63, 3.8) is 0 Å². The van der Waals surface area contributed by atoms with Crippen LogP contribution in [-0.2, 0) is 11.7 Å². The van der Waals surface area contributed by atoms with E-state index in [9.17, 15) is 8.78 Å². The summed E-state index contributed by atoms with van der Waals surface area (Å²) in [4.78, 5) is 4.31. The Bertz CT molecular complexity index is 834. The number of aromatic nitrogens is 3. The molecule has 0 saturated heterocycles. The Morgan fingerprint density at radius 1 is 1.00 bits per heavy atom. The van der Waals surface area contributed by atoms with Crippen LogP contribution >= 0.6 is 11.8 Å². The van der Waals surface area contributed by atoms with Gasteiger partial charge in [-0.1, -0.05) is 60.7 Å². The topological polar surface area (TPSA) is 30.7 Å². The number of alkyl halides is 2. The van der Waals surface area contributed by atoms with Crippen molar-refractivity contribution in [2.24, 2.45) is 0 Å². The van der Waals surface area contributed by atoms with Gasteiger partial charge in [0.15, 0.2) is 0 Å². The molecule has 1 aliphatic rings. The summed E-state index contributed by atoms with van der Waals surface area (Å²) in [6.07, 6.45) is 1.66. The van der Waals surface area contributed by atoms with Crippen molar-refractivity contribution in [2.75, 3.05) is 0 Å². The summed E-state index contributed by atoms with van der Waals surface area (Å²) in [6.45, 7) is 0. The second kappa shape index (κ2) is 6.02. The number of fused-ring (bicyclic) bond motifs is 1. The molecule has 24 heavy (non-hydrogen) atoms. The fraction of sp³-hybridized carbons (Fsp3) is 0.222. The largest absolute Gasteiger partial charge is 0.326 e. The molecule has 4 rings (SSSR count). The first-order chi connectivity index (χ1) is 11.6. The number of halogens is 2. The predicted octanol–water partition coefficient (Wildman–Crippen LogP) is 4.66. The molecule has 1 atom stereocenters. The van der Waals surface area contributed by atoms with Crippen molar-refractivity contribution < 1.29 is 8.78 Å². The third-order valence-electron chi connectivity index (χ3n) is 4.13. The fourth-order valence-corrected chi connectivity index (χ4v) is 3.74. The van der Waals surface area contributed by atoms with E-state index in [2.05, 4.69) is 10.1 Å². The van der Waals surface area contributed by atoms with Gasteiger partial charge in [-0.25, -0.2) is 9.67 Å². The molecule has 2 heterocycles. The molecule has 0 spiro atoms. The molecule has 122 valence electrons. The normalized spacial score (nSPS) is 17.0. The highest BCUT2D eigenvalue weighted by molar-refractivity contribution is 7.99. The molecular weight excluding hydrogens is 328 g/mol. The van der Waals surface area contributed by atoms with E-state index in [4.69, 9.17) is 0 Å². The smallest absolute Gasteiger partial charge is 0.241 e. The van der Waals surface area contributed by atoms with Crippen LogP contribution in [-0.4, -0.2) is 14.8 Å². The molecule has 0 aliphatic carbocycles. The Kier molecular flexibility index (Phi) is 3.84. The van der Waals surface area contributed by atoms with Crippen molar-refractivity contribution in [3.05, 3.63) is 77.6 Å². The first kappa shape index (κ1) is 15.3. The summed E-state index contributed by atoms with van der Waals surface area (Å²) >= 11 is 0.404. The van der Waals surface area contributed by atoms with Crippen molar-refractivity contribution in [1.29, 1.82) is 0 Å². The molecule has 3 nitrogen and oxygen atoms in total. The number of aryl methyl sites for hydroxylation is 1. The molecular formula is C18H15F2N3S. The number of hydrogen-bond acceptors (Lipinski definition) is 3. The van der Waals surface area contributed by atoms with Crippen LogP contribution in [0, 0.1) is 0 Å². The predicted molar refractivity (Wildman–Crippen MR) is 89.1 cm³/mol. The van der Waals surface area contributed by atoms with Crippen molar-refractivity contribution >= 4 is 11.8 Å². The van der Waals surface area contributed by atoms with Crippen LogP contribution in [0.3, 0.4) is 0 Å². The first-order valence-corrected chi connectivity index (χ1v) is 8.58. The molecule has 0 N–H and O–H groups in total. The van der Waals surface area contributed by atoms with Gasteiger partial charge in [-0.3, -0.25) is 0 Å². The minimum absolute atomic E-state index is 0.0374. The second-order valence-electron chi connectivity index (χ2n) is 5.71. The van der Waals surface area contributed by atoms with Gasteiger partial charge in [0.1, 0.15) is 5.82 Å². The Balaban J connectivity index is 1.59. The van der Waals surface area contributed by atoms with E-state index in [0.717, 1.165) is 24.2 Å². The summed E-state index contributed by atoms with van der Waals surface area (Å²) in [5, 5.41) is 1.42. The monoisotopic (exact) mass is 343 g/mol. The molecule has 6 heteroatoms. The molecule has 2 aromatic carbocycles. The van der Waals surface area contributed by atoms with Crippen LogP contribution in [0.25, 0.3) is 0 Å². The number of rotatable bonds is 4. The van der Waals surface area contributed by atoms with Gasteiger partial charge in [0, 0.05) is 12.0 Å². The molecule has 0 bridgehead atoms. The minimum atomic E-state index is -3.05. The molecule has 1 unspecified atom stereocenters. The average molecular weight is 343 g/mol. The Morgan fingerprint density at radius 3 is 2.38 bits per heavy atom. The minimum Gasteiger partial charge on any atom is -0.241 e. The maximum Gasteiger partial charge on any atom is 0.326 e. The zero-order valence-corrected chi connectivity index (χ0v) is 13.6. The lowest BCUT2D eigenvalue weighted by Gasteiger charge is -2.14. The lowest BCUT2D eigenvalue weighted by Crippen LogP contribution is -2.09. The van der Waals surface area contributed by atoms with Crippen LogP contribution in [0.2, 0.25) is 0 Å². The average Bonchev–Trinajstić information content (AvgIpc) is 3.16. The Labute approximate surface area is 142 Å². The standard InChI is InChI=1S/C18H15F2N3S/c19-18(20,14-9-5-2-6-10-14)24-17-21-16-12-11-15(23(16)22-17)13-7-3-1-4-8-13/h1-10,15H,11-12H2. The van der Waals surface area contributed by atoms with Crippen molar-refractivity contribution in [3.8, 4) is 0 Å². The summed E-state index contributed by atoms with van der Waals surface area (Å²) in [7, 11) is 0. The van der Waals surface area contributed by atoms with E-state index >= 15 is 0 Å². The quantitative estimate of drug-likeness (QED) is 0.646. The number of hydrogen-bond donors (Lipinski definition) is 0. The molecule has 0 radical (unpaired) electrons. The van der Waals surface area contributed by atoms with E-state index < -0.39 is 5.25 Å². The third kappa shape index (κ3) is 2.82. The second-order valence-corrected chi connectivity index (χ2v) is 6.79. The highest BCUT2D eigenvalue weighted by atomic mass is 32.2. The number of thioether (sulfide) groups is 1. The van der Waals surface area contributed by atoms with Crippen LogP contribution in [0.5, 0.6) is 0 Å². The first-order valence-electron chi connectivity index (χ1n) is 7.76. The zero-order valence-electron chi connectivity index (χ0n) is 12.8. The van der Waals surface area contributed by atoms with Crippen LogP contribution < -0.4 is 0 Å². The Hall–Kier alpha value is -2.21. The van der Waals surface area contributed by atoms with Crippen molar-refractivity contribution in [2.45, 2.75) is 29.3 Å². The van der Waals surface area contributed by atoms with Crippen molar-refractivity contribution in [1.82, 2.24) is 14.8 Å². The summed E-state index contributed by atoms with van der Waals surface area (Å²) in [6, 6.07) is 17.8. The molecule has 1 aromatic heterocycles. The molecule has 0 fully saturated rings. The summed E-state index contributed by atoms with van der Waals surface area (Å²) in [5.41, 5.74) is 1.09. The molecule has 3 aromatic rings. The van der Waals surface area contributed by atoms with E-state index in [1.54, 1.807) is 22.9 Å². The maximum absolute atomic E-state index is 14.4. The molecule has 0 saturated carbocycles. The number of nitrogens with zero attached hydrogens (tertiary/aromatic N) is 3. The van der Waals surface area contributed by atoms with Gasteiger partial charge in [0.2, 0.25) is 5.16 Å². The highest BCUT2D eigenvalue weighted by Crippen LogP contribution is 2.43. The van der Waals surface area contributed by atoms with E-state index in [1.807, 2.05) is 30.3 Å². The van der Waals surface area contributed by atoms with Gasteiger partial charge in [-0.05, 0) is 23.7 Å². The van der Waals surface area contributed by atoms with E-state index in [1.165, 1.54) is 12.1 Å². The van der Waals surface area contributed by atoms with Gasteiger partial charge in [-0.15, -0.1) is 5.10 Å². The molecule has 1 aliphatic heterocycles. The number of benzene rings is 2. The van der Waals surface area contributed by atoms with Crippen LogP contribution in [0.1, 0.15) is 29.4 Å². The van der Waals surface area contributed by atoms with Crippen LogP contribution in [0.4, 0.5) is 8.78 Å². The SMILES string of the molecule is FC(F)(Sc1nc2n(n1)C(c1ccccc1)CC2)c1ccccc1. The fourth-order valence-electron chi connectivity index (χ4n) is 2.97. The third-order valence-corrected chi connectivity index (χ3v) is 4.98. The summed E-state index contributed by atoms with van der Waals surface area (Å²) in [5.74, 6) is 0.773. The zero-order chi connectivity index (χ0) is 16.6. The lowest BCUT2D eigenvalue weighted by molar-refractivity contribution is 0.105. The van der Waals surface area contributed by atoms with E-state index in [-0.39, 0.29) is 16.8 Å². The van der Waals surface area contributed by atoms with Gasteiger partial charge in [-0.2, -0.15) is 8.78 Å². The lowest BCUT2D eigenvalue weighted by atomic mass is 10.1. The van der Waals surface area contributed by atoms with Gasteiger partial charge in [0.05, 0.1) is 6.04 Å². The highest BCUT2D eigenvalue weighted by Gasteiger charge is 2.36. The summed E-state index contributed by atoms with van der Waals surface area (Å²) < 4.78 is 30.6. The van der Waals surface area contributed by atoms with Gasteiger partial charge in [0.25, 0.3) is 0 Å². The van der Waals surface area contributed by atoms with Gasteiger partial charge < -0.3 is 0 Å². The molecule has 0 amide bonds.